The van der Waals surface area contributed by atoms with Gasteiger partial charge in [-0.3, -0.25) is 4.99 Å². The molecule has 0 unspecified atom stereocenters. The summed E-state index contributed by atoms with van der Waals surface area (Å²) in [5.41, 5.74) is 1.54. The minimum absolute atomic E-state index is 0.0398. The predicted octanol–water partition coefficient (Wildman–Crippen LogP) is 3.39. The highest BCUT2D eigenvalue weighted by Gasteiger charge is 2.23. The van der Waals surface area contributed by atoms with Crippen molar-refractivity contribution in [2.24, 2.45) is 16.3 Å². The number of rotatable bonds is 3. The van der Waals surface area contributed by atoms with Crippen LogP contribution in [0.3, 0.4) is 0 Å². The molecule has 0 aromatic rings. The topological polar surface area (TPSA) is 32.6 Å². The third kappa shape index (κ3) is 4.78. The molecular weight excluding hydrogens is 186 g/mol. The molecule has 0 spiro atoms. The van der Waals surface area contributed by atoms with E-state index in [0.717, 1.165) is 6.42 Å². The average molecular weight is 211 g/mol. The number of aliphatic hydroxyl groups is 1. The van der Waals surface area contributed by atoms with E-state index < -0.39 is 0 Å². The van der Waals surface area contributed by atoms with Crippen molar-refractivity contribution in [3.63, 3.8) is 0 Å². The van der Waals surface area contributed by atoms with Crippen molar-refractivity contribution < 1.29 is 5.11 Å². The van der Waals surface area contributed by atoms with Gasteiger partial charge in [0.05, 0.1) is 0 Å². The van der Waals surface area contributed by atoms with E-state index in [2.05, 4.69) is 25.8 Å². The monoisotopic (exact) mass is 211 g/mol. The first-order chi connectivity index (χ1) is 7.03. The van der Waals surface area contributed by atoms with Gasteiger partial charge in [-0.25, -0.2) is 0 Å². The Hall–Kier alpha value is -0.370. The first-order valence-corrected chi connectivity index (χ1v) is 6.17. The SMILES string of the molecule is CC(C)(C)C/C(=N\CO)C1CCCCC1. The Morgan fingerprint density at radius 2 is 1.80 bits per heavy atom. The largest absolute Gasteiger partial charge is 0.375 e. The van der Waals surface area contributed by atoms with E-state index >= 15 is 0 Å². The quantitative estimate of drug-likeness (QED) is 0.713. The van der Waals surface area contributed by atoms with Crippen LogP contribution in [0.25, 0.3) is 0 Å². The van der Waals surface area contributed by atoms with Gasteiger partial charge >= 0.3 is 0 Å². The van der Waals surface area contributed by atoms with Gasteiger partial charge in [-0.15, -0.1) is 0 Å². The van der Waals surface area contributed by atoms with Crippen LogP contribution in [0.15, 0.2) is 4.99 Å². The molecule has 2 nitrogen and oxygen atoms in total. The van der Waals surface area contributed by atoms with Crippen molar-refractivity contribution in [1.29, 1.82) is 0 Å². The fourth-order valence-corrected chi connectivity index (χ4v) is 2.40. The second-order valence-electron chi connectivity index (χ2n) is 5.86. The number of aliphatic imine (C=N–C) groups is 1. The Morgan fingerprint density at radius 1 is 1.20 bits per heavy atom. The molecule has 2 heteroatoms. The lowest BCUT2D eigenvalue weighted by Gasteiger charge is -2.28. The molecule has 0 atom stereocenters. The van der Waals surface area contributed by atoms with Crippen LogP contribution in [0, 0.1) is 11.3 Å². The van der Waals surface area contributed by atoms with Crippen LogP contribution in [0.1, 0.15) is 59.3 Å². The van der Waals surface area contributed by atoms with Crippen molar-refractivity contribution in [1.82, 2.24) is 0 Å². The first kappa shape index (κ1) is 12.7. The summed E-state index contributed by atoms with van der Waals surface area (Å²) in [5, 5.41) is 8.98. The molecule has 1 rings (SSSR count). The molecule has 0 saturated heterocycles. The van der Waals surface area contributed by atoms with Crippen molar-refractivity contribution in [3.8, 4) is 0 Å². The highest BCUT2D eigenvalue weighted by Crippen LogP contribution is 2.30. The smallest absolute Gasteiger partial charge is 0.134 e. The van der Waals surface area contributed by atoms with Crippen LogP contribution < -0.4 is 0 Å². The zero-order valence-electron chi connectivity index (χ0n) is 10.4. The molecule has 0 aromatic heterocycles. The van der Waals surface area contributed by atoms with Crippen LogP contribution in [-0.2, 0) is 0 Å². The van der Waals surface area contributed by atoms with Crippen LogP contribution >= 0.6 is 0 Å². The van der Waals surface area contributed by atoms with Crippen LogP contribution in [0.4, 0.5) is 0 Å². The molecule has 1 fully saturated rings. The number of nitrogens with zero attached hydrogens (tertiary/aromatic N) is 1. The molecule has 0 aromatic carbocycles. The molecule has 0 bridgehead atoms. The minimum atomic E-state index is -0.0398. The maximum Gasteiger partial charge on any atom is 0.134 e. The summed E-state index contributed by atoms with van der Waals surface area (Å²) >= 11 is 0. The molecular formula is C13H25NO. The van der Waals surface area contributed by atoms with E-state index in [4.69, 9.17) is 5.11 Å². The van der Waals surface area contributed by atoms with Crippen LogP contribution in [0.2, 0.25) is 0 Å². The number of hydrogen-bond acceptors (Lipinski definition) is 2. The molecule has 0 radical (unpaired) electrons. The minimum Gasteiger partial charge on any atom is -0.375 e. The molecule has 15 heavy (non-hydrogen) atoms. The van der Waals surface area contributed by atoms with E-state index in [9.17, 15) is 0 Å². The van der Waals surface area contributed by atoms with E-state index in [0.29, 0.717) is 5.92 Å². The normalized spacial score (nSPS) is 20.7. The second-order valence-corrected chi connectivity index (χ2v) is 5.86. The summed E-state index contributed by atoms with van der Waals surface area (Å²) in [6, 6.07) is 0. The zero-order chi connectivity index (χ0) is 11.3. The molecule has 1 saturated carbocycles. The van der Waals surface area contributed by atoms with E-state index in [1.54, 1.807) is 0 Å². The Kier molecular flexibility index (Phi) is 4.78. The standard InChI is InChI=1S/C13H25NO/c1-13(2,3)9-12(14-10-15)11-7-5-4-6-8-11/h11,15H,4-10H2,1-3H3/b14-12+. The highest BCUT2D eigenvalue weighted by molar-refractivity contribution is 5.87. The summed E-state index contributed by atoms with van der Waals surface area (Å²) in [4.78, 5) is 4.31. The fraction of sp³-hybridized carbons (Fsp3) is 0.923. The first-order valence-electron chi connectivity index (χ1n) is 6.17. The van der Waals surface area contributed by atoms with Gasteiger partial charge in [0, 0.05) is 5.71 Å². The van der Waals surface area contributed by atoms with Gasteiger partial charge in [-0.1, -0.05) is 40.0 Å². The number of aliphatic hydroxyl groups excluding tert-OH is 1. The van der Waals surface area contributed by atoms with Crippen molar-refractivity contribution >= 4 is 5.71 Å². The summed E-state index contributed by atoms with van der Waals surface area (Å²) in [5.74, 6) is 0.644. The third-order valence-corrected chi connectivity index (χ3v) is 3.06. The predicted molar refractivity (Wildman–Crippen MR) is 65.2 cm³/mol. The molecule has 1 N–H and O–H groups in total. The summed E-state index contributed by atoms with van der Waals surface area (Å²) in [7, 11) is 0. The molecule has 1 aliphatic rings. The van der Waals surface area contributed by atoms with E-state index in [-0.39, 0.29) is 12.1 Å². The van der Waals surface area contributed by atoms with Crippen molar-refractivity contribution in [2.45, 2.75) is 59.3 Å². The zero-order valence-corrected chi connectivity index (χ0v) is 10.4. The number of hydrogen-bond donors (Lipinski definition) is 1. The lowest BCUT2D eigenvalue weighted by Crippen LogP contribution is -2.23. The van der Waals surface area contributed by atoms with E-state index in [1.807, 2.05) is 0 Å². The summed E-state index contributed by atoms with van der Waals surface area (Å²) in [6.45, 7) is 6.68. The fourth-order valence-electron chi connectivity index (χ4n) is 2.40. The Morgan fingerprint density at radius 3 is 2.27 bits per heavy atom. The molecule has 88 valence electrons. The van der Waals surface area contributed by atoms with Gasteiger partial charge in [-0.2, -0.15) is 0 Å². The summed E-state index contributed by atoms with van der Waals surface area (Å²) in [6.07, 6.45) is 7.61. The van der Waals surface area contributed by atoms with Gasteiger partial charge in [-0.05, 0) is 30.6 Å². The second kappa shape index (κ2) is 5.64. The lowest BCUT2D eigenvalue weighted by molar-refractivity contribution is 0.304. The average Bonchev–Trinajstić information content (AvgIpc) is 2.17. The highest BCUT2D eigenvalue weighted by atomic mass is 16.3. The Balaban J connectivity index is 2.60. The maximum absolute atomic E-state index is 8.98. The molecule has 0 amide bonds. The van der Waals surface area contributed by atoms with Gasteiger partial charge in [0.1, 0.15) is 6.73 Å². The van der Waals surface area contributed by atoms with Crippen LogP contribution in [-0.4, -0.2) is 17.5 Å². The molecule has 1 aliphatic carbocycles. The Labute approximate surface area is 93.8 Å². The molecule has 0 heterocycles. The molecule has 0 aliphatic heterocycles. The summed E-state index contributed by atoms with van der Waals surface area (Å²) < 4.78 is 0. The van der Waals surface area contributed by atoms with Crippen LogP contribution in [0.5, 0.6) is 0 Å². The van der Waals surface area contributed by atoms with Gasteiger partial charge in [0.2, 0.25) is 0 Å². The van der Waals surface area contributed by atoms with E-state index in [1.165, 1.54) is 37.8 Å². The van der Waals surface area contributed by atoms with Gasteiger partial charge < -0.3 is 5.11 Å². The van der Waals surface area contributed by atoms with Gasteiger partial charge in [0.25, 0.3) is 0 Å². The van der Waals surface area contributed by atoms with Crippen molar-refractivity contribution in [2.75, 3.05) is 6.73 Å². The van der Waals surface area contributed by atoms with Gasteiger partial charge in [0.15, 0.2) is 0 Å². The lowest BCUT2D eigenvalue weighted by atomic mass is 9.79. The Bertz CT molecular complexity index is 209. The van der Waals surface area contributed by atoms with Crippen molar-refractivity contribution in [3.05, 3.63) is 0 Å². The third-order valence-electron chi connectivity index (χ3n) is 3.06. The maximum atomic E-state index is 8.98.